The average molecular weight is 513 g/mol. The van der Waals surface area contributed by atoms with Crippen molar-refractivity contribution in [3.05, 3.63) is 146 Å². The maximum absolute atomic E-state index is 5.39. The molecule has 7 rings (SSSR count). The van der Waals surface area contributed by atoms with Crippen LogP contribution in [0.4, 0.5) is 0 Å². The van der Waals surface area contributed by atoms with Gasteiger partial charge in [0.25, 0.3) is 0 Å². The predicted molar refractivity (Wildman–Crippen MR) is 162 cm³/mol. The average Bonchev–Trinajstić information content (AvgIpc) is 3.05. The Kier molecular flexibility index (Phi) is 6.11. The van der Waals surface area contributed by atoms with Gasteiger partial charge in [-0.25, -0.2) is 9.97 Å². The maximum atomic E-state index is 5.39. The minimum absolute atomic E-state index is 0.826. The molecule has 188 valence electrons. The third kappa shape index (κ3) is 4.52. The lowest BCUT2D eigenvalue weighted by Gasteiger charge is -2.17. The first-order valence-electron chi connectivity index (χ1n) is 13.2. The van der Waals surface area contributed by atoms with E-state index in [4.69, 9.17) is 9.97 Å². The van der Waals surface area contributed by atoms with E-state index in [2.05, 4.69) is 88.8 Å². The number of rotatable bonds is 5. The van der Waals surface area contributed by atoms with E-state index in [0.29, 0.717) is 0 Å². The number of aromatic nitrogens is 4. The third-order valence-electron chi connectivity index (χ3n) is 7.00. The molecule has 0 fully saturated rings. The van der Waals surface area contributed by atoms with Crippen molar-refractivity contribution in [1.82, 2.24) is 19.9 Å². The number of benzene rings is 4. The molecule has 0 aliphatic rings. The molecule has 4 aromatic carbocycles. The molecule has 7 aromatic rings. The van der Waals surface area contributed by atoms with Crippen molar-refractivity contribution in [2.24, 2.45) is 0 Å². The van der Waals surface area contributed by atoms with Crippen LogP contribution in [-0.2, 0) is 0 Å². The maximum Gasteiger partial charge on any atom is 0.0973 e. The summed E-state index contributed by atoms with van der Waals surface area (Å²) in [4.78, 5) is 19.6. The van der Waals surface area contributed by atoms with Crippen LogP contribution < -0.4 is 0 Å². The highest BCUT2D eigenvalue weighted by Crippen LogP contribution is 2.38. The Morgan fingerprint density at radius 2 is 0.950 bits per heavy atom. The van der Waals surface area contributed by atoms with Gasteiger partial charge >= 0.3 is 0 Å². The fraction of sp³-hybridized carbons (Fsp3) is 0. The first-order valence-corrected chi connectivity index (χ1v) is 13.2. The van der Waals surface area contributed by atoms with Crippen molar-refractivity contribution >= 4 is 10.9 Å². The summed E-state index contributed by atoms with van der Waals surface area (Å²) in [6, 6.07) is 43.4. The highest BCUT2D eigenvalue weighted by atomic mass is 14.9. The Hall–Kier alpha value is -5.48. The SMILES string of the molecule is c1ccc(-c2nc(-c3cccc(-c4cccnc4)c3)c(-c3ccc4ncccc4c3)nc2-c2ccccc2)cc1. The molecule has 0 aliphatic heterocycles. The van der Waals surface area contributed by atoms with Gasteiger partial charge in [-0.1, -0.05) is 97.1 Å². The van der Waals surface area contributed by atoms with Gasteiger partial charge in [-0.05, 0) is 35.9 Å². The highest BCUT2D eigenvalue weighted by Gasteiger charge is 2.20. The lowest BCUT2D eigenvalue weighted by Crippen LogP contribution is -2.01. The number of hydrogen-bond acceptors (Lipinski definition) is 4. The van der Waals surface area contributed by atoms with E-state index in [1.165, 1.54) is 0 Å². The molecule has 0 bridgehead atoms. The molecule has 0 N–H and O–H groups in total. The summed E-state index contributed by atoms with van der Waals surface area (Å²) in [5, 5.41) is 1.06. The zero-order chi connectivity index (χ0) is 26.7. The molecule has 4 nitrogen and oxygen atoms in total. The largest absolute Gasteiger partial charge is 0.264 e. The highest BCUT2D eigenvalue weighted by molar-refractivity contribution is 5.91. The quantitative estimate of drug-likeness (QED) is 0.231. The summed E-state index contributed by atoms with van der Waals surface area (Å²) < 4.78 is 0. The van der Waals surface area contributed by atoms with E-state index in [1.54, 1.807) is 6.20 Å². The molecule has 0 unspecified atom stereocenters. The second-order valence-corrected chi connectivity index (χ2v) is 9.58. The molecule has 0 radical (unpaired) electrons. The fourth-order valence-electron chi connectivity index (χ4n) is 5.04. The first-order chi connectivity index (χ1) is 19.8. The molecular weight excluding hydrogens is 488 g/mol. The van der Waals surface area contributed by atoms with Gasteiger partial charge in [-0.15, -0.1) is 0 Å². The molecule has 0 spiro atoms. The molecule has 0 atom stereocenters. The van der Waals surface area contributed by atoms with Gasteiger partial charge in [0.2, 0.25) is 0 Å². The number of fused-ring (bicyclic) bond motifs is 1. The minimum Gasteiger partial charge on any atom is -0.264 e. The van der Waals surface area contributed by atoms with Crippen LogP contribution in [-0.4, -0.2) is 19.9 Å². The van der Waals surface area contributed by atoms with Crippen molar-refractivity contribution in [3.63, 3.8) is 0 Å². The summed E-state index contributed by atoms with van der Waals surface area (Å²) in [6.45, 7) is 0. The monoisotopic (exact) mass is 512 g/mol. The normalized spacial score (nSPS) is 11.0. The smallest absolute Gasteiger partial charge is 0.0973 e. The van der Waals surface area contributed by atoms with Crippen molar-refractivity contribution < 1.29 is 0 Å². The van der Waals surface area contributed by atoms with Crippen LogP contribution in [0.1, 0.15) is 0 Å². The van der Waals surface area contributed by atoms with Gasteiger partial charge in [0.1, 0.15) is 0 Å². The summed E-state index contributed by atoms with van der Waals surface area (Å²) in [5.74, 6) is 0. The first kappa shape index (κ1) is 23.6. The molecule has 0 saturated heterocycles. The van der Waals surface area contributed by atoms with Crippen LogP contribution in [0, 0.1) is 0 Å². The predicted octanol–water partition coefficient (Wildman–Crippen LogP) is 8.75. The number of pyridine rings is 2. The standard InChI is InChI=1S/C36H24N4/c1-3-10-25(11-4-1)33-34(26-12-5-2-6-13-26)40-36(30-18-19-32-28(23-30)16-9-21-38-32)35(39-33)29-15-7-14-27(22-29)31-17-8-20-37-24-31/h1-24H. The summed E-state index contributed by atoms with van der Waals surface area (Å²) in [7, 11) is 0. The van der Waals surface area contributed by atoms with Crippen LogP contribution >= 0.6 is 0 Å². The topological polar surface area (TPSA) is 51.6 Å². The molecule has 0 amide bonds. The van der Waals surface area contributed by atoms with E-state index in [0.717, 1.165) is 67.1 Å². The summed E-state index contributed by atoms with van der Waals surface area (Å²) in [5.41, 5.74) is 10.5. The van der Waals surface area contributed by atoms with Crippen molar-refractivity contribution in [3.8, 4) is 56.2 Å². The van der Waals surface area contributed by atoms with Crippen LogP contribution in [0.5, 0.6) is 0 Å². The van der Waals surface area contributed by atoms with Crippen LogP contribution in [0.15, 0.2) is 146 Å². The molecular formula is C36H24N4. The van der Waals surface area contributed by atoms with Crippen molar-refractivity contribution in [2.45, 2.75) is 0 Å². The molecule has 4 heteroatoms. The molecule has 40 heavy (non-hydrogen) atoms. The minimum atomic E-state index is 0.826. The lowest BCUT2D eigenvalue weighted by atomic mass is 9.97. The van der Waals surface area contributed by atoms with E-state index >= 15 is 0 Å². The van der Waals surface area contributed by atoms with Crippen LogP contribution in [0.2, 0.25) is 0 Å². The van der Waals surface area contributed by atoms with E-state index < -0.39 is 0 Å². The van der Waals surface area contributed by atoms with Crippen LogP contribution in [0.3, 0.4) is 0 Å². The third-order valence-corrected chi connectivity index (χ3v) is 7.00. The molecule has 3 heterocycles. The summed E-state index contributed by atoms with van der Waals surface area (Å²) in [6.07, 6.45) is 5.50. The second-order valence-electron chi connectivity index (χ2n) is 9.58. The van der Waals surface area contributed by atoms with Gasteiger partial charge in [0, 0.05) is 51.8 Å². The van der Waals surface area contributed by atoms with Gasteiger partial charge in [0.15, 0.2) is 0 Å². The van der Waals surface area contributed by atoms with E-state index in [9.17, 15) is 0 Å². The fourth-order valence-corrected chi connectivity index (χ4v) is 5.04. The second kappa shape index (κ2) is 10.4. The Labute approximate surface area is 232 Å². The van der Waals surface area contributed by atoms with E-state index in [-0.39, 0.29) is 0 Å². The number of nitrogens with zero attached hydrogens (tertiary/aromatic N) is 4. The Morgan fingerprint density at radius 3 is 1.62 bits per heavy atom. The van der Waals surface area contributed by atoms with Gasteiger partial charge in [0.05, 0.1) is 28.3 Å². The van der Waals surface area contributed by atoms with Gasteiger partial charge in [-0.3, -0.25) is 9.97 Å². The van der Waals surface area contributed by atoms with Crippen molar-refractivity contribution in [2.75, 3.05) is 0 Å². The molecule has 3 aromatic heterocycles. The number of hydrogen-bond donors (Lipinski definition) is 0. The Morgan fingerprint density at radius 1 is 0.375 bits per heavy atom. The molecule has 0 saturated carbocycles. The Bertz CT molecular complexity index is 1940. The molecule has 0 aliphatic carbocycles. The zero-order valence-electron chi connectivity index (χ0n) is 21.6. The summed E-state index contributed by atoms with van der Waals surface area (Å²) >= 11 is 0. The Balaban J connectivity index is 1.52. The van der Waals surface area contributed by atoms with Crippen molar-refractivity contribution in [1.29, 1.82) is 0 Å². The van der Waals surface area contributed by atoms with Crippen LogP contribution in [0.25, 0.3) is 67.1 Å². The lowest BCUT2D eigenvalue weighted by molar-refractivity contribution is 1.21. The van der Waals surface area contributed by atoms with Gasteiger partial charge in [-0.2, -0.15) is 0 Å². The zero-order valence-corrected chi connectivity index (χ0v) is 21.6. The van der Waals surface area contributed by atoms with E-state index in [1.807, 2.05) is 60.9 Å². The van der Waals surface area contributed by atoms with Gasteiger partial charge < -0.3 is 0 Å².